The van der Waals surface area contributed by atoms with Gasteiger partial charge in [0.05, 0.1) is 5.02 Å². The SMILES string of the molecule is CC(Oc1ccc(Br)cc1Cl)C(=O)N1CCCc2ccccc21. The second-order valence-corrected chi connectivity index (χ2v) is 6.88. The third-order valence-electron chi connectivity index (χ3n) is 3.92. The average molecular weight is 395 g/mol. The lowest BCUT2D eigenvalue weighted by molar-refractivity contribution is -0.124. The van der Waals surface area contributed by atoms with Gasteiger partial charge in [0, 0.05) is 16.7 Å². The molecule has 0 fully saturated rings. The van der Waals surface area contributed by atoms with E-state index in [1.54, 1.807) is 19.1 Å². The van der Waals surface area contributed by atoms with Gasteiger partial charge in [-0.25, -0.2) is 0 Å². The van der Waals surface area contributed by atoms with Gasteiger partial charge in [0.25, 0.3) is 5.91 Å². The molecule has 0 radical (unpaired) electrons. The minimum atomic E-state index is -0.597. The lowest BCUT2D eigenvalue weighted by atomic mass is 10.0. The average Bonchev–Trinajstić information content (AvgIpc) is 2.56. The zero-order valence-electron chi connectivity index (χ0n) is 12.8. The Balaban J connectivity index is 1.78. The van der Waals surface area contributed by atoms with Crippen molar-refractivity contribution in [1.29, 1.82) is 0 Å². The fourth-order valence-corrected chi connectivity index (χ4v) is 3.51. The summed E-state index contributed by atoms with van der Waals surface area (Å²) >= 11 is 9.52. The van der Waals surface area contributed by atoms with E-state index in [4.69, 9.17) is 16.3 Å². The van der Waals surface area contributed by atoms with Gasteiger partial charge in [-0.1, -0.05) is 45.7 Å². The number of nitrogens with zero attached hydrogens (tertiary/aromatic N) is 1. The van der Waals surface area contributed by atoms with Crippen LogP contribution in [0.2, 0.25) is 5.02 Å². The fraction of sp³-hybridized carbons (Fsp3) is 0.278. The van der Waals surface area contributed by atoms with E-state index in [2.05, 4.69) is 22.0 Å². The van der Waals surface area contributed by atoms with Crippen molar-refractivity contribution in [1.82, 2.24) is 0 Å². The van der Waals surface area contributed by atoms with Crippen molar-refractivity contribution in [2.24, 2.45) is 0 Å². The highest BCUT2D eigenvalue weighted by Crippen LogP contribution is 2.30. The maximum absolute atomic E-state index is 12.8. The van der Waals surface area contributed by atoms with Gasteiger partial charge in [0.2, 0.25) is 0 Å². The Hall–Kier alpha value is -1.52. The number of anilines is 1. The minimum Gasteiger partial charge on any atom is -0.479 e. The van der Waals surface area contributed by atoms with Crippen LogP contribution in [-0.2, 0) is 11.2 Å². The number of para-hydroxylation sites is 1. The Kier molecular flexibility index (Phi) is 4.93. The summed E-state index contributed by atoms with van der Waals surface area (Å²) < 4.78 is 6.66. The molecule has 23 heavy (non-hydrogen) atoms. The second-order valence-electron chi connectivity index (χ2n) is 5.56. The molecule has 1 heterocycles. The number of hydrogen-bond acceptors (Lipinski definition) is 2. The van der Waals surface area contributed by atoms with Gasteiger partial charge < -0.3 is 9.64 Å². The van der Waals surface area contributed by atoms with Crippen LogP contribution < -0.4 is 9.64 Å². The number of fused-ring (bicyclic) bond motifs is 1. The van der Waals surface area contributed by atoms with Gasteiger partial charge in [0.15, 0.2) is 6.10 Å². The van der Waals surface area contributed by atoms with Crippen LogP contribution in [0.3, 0.4) is 0 Å². The molecule has 0 saturated carbocycles. The Labute approximate surface area is 149 Å². The molecular formula is C18H17BrClNO2. The van der Waals surface area contributed by atoms with Crippen LogP contribution in [-0.4, -0.2) is 18.6 Å². The Bertz CT molecular complexity index is 735. The summed E-state index contributed by atoms with van der Waals surface area (Å²) in [5.74, 6) is 0.470. The molecule has 0 bridgehead atoms. The molecule has 2 aromatic rings. The van der Waals surface area contributed by atoms with Gasteiger partial charge in [-0.15, -0.1) is 0 Å². The number of ether oxygens (including phenoxy) is 1. The van der Waals surface area contributed by atoms with Crippen molar-refractivity contribution < 1.29 is 9.53 Å². The topological polar surface area (TPSA) is 29.5 Å². The van der Waals surface area contributed by atoms with Crippen molar-refractivity contribution in [2.45, 2.75) is 25.9 Å². The number of halogens is 2. The molecule has 120 valence electrons. The molecule has 1 aliphatic heterocycles. The van der Waals surface area contributed by atoms with Crippen LogP contribution in [0.1, 0.15) is 18.9 Å². The Morgan fingerprint density at radius 1 is 1.30 bits per heavy atom. The first-order valence-electron chi connectivity index (χ1n) is 7.57. The van der Waals surface area contributed by atoms with Crippen molar-refractivity contribution >= 4 is 39.1 Å². The maximum Gasteiger partial charge on any atom is 0.267 e. The van der Waals surface area contributed by atoms with Gasteiger partial charge in [-0.3, -0.25) is 4.79 Å². The number of rotatable bonds is 3. The first-order chi connectivity index (χ1) is 11.1. The molecular weight excluding hydrogens is 378 g/mol. The highest BCUT2D eigenvalue weighted by molar-refractivity contribution is 9.10. The summed E-state index contributed by atoms with van der Waals surface area (Å²) in [6, 6.07) is 13.4. The predicted octanol–water partition coefficient (Wildman–Crippen LogP) is 4.85. The lowest BCUT2D eigenvalue weighted by Gasteiger charge is -2.31. The largest absolute Gasteiger partial charge is 0.479 e. The van der Waals surface area contributed by atoms with Crippen LogP contribution in [0.25, 0.3) is 0 Å². The van der Waals surface area contributed by atoms with E-state index in [1.165, 1.54) is 5.56 Å². The molecule has 0 aliphatic carbocycles. The normalized spacial score (nSPS) is 15.0. The van der Waals surface area contributed by atoms with E-state index in [9.17, 15) is 4.79 Å². The van der Waals surface area contributed by atoms with E-state index < -0.39 is 6.10 Å². The molecule has 3 nitrogen and oxygen atoms in total. The number of carbonyl (C=O) groups is 1. The summed E-state index contributed by atoms with van der Waals surface area (Å²) in [5, 5.41) is 0.484. The number of amides is 1. The van der Waals surface area contributed by atoms with E-state index in [-0.39, 0.29) is 5.91 Å². The zero-order chi connectivity index (χ0) is 16.4. The monoisotopic (exact) mass is 393 g/mol. The molecule has 0 saturated heterocycles. The molecule has 0 N–H and O–H groups in total. The van der Waals surface area contributed by atoms with Crippen molar-refractivity contribution in [3.63, 3.8) is 0 Å². The maximum atomic E-state index is 12.8. The quantitative estimate of drug-likeness (QED) is 0.745. The van der Waals surface area contributed by atoms with Crippen LogP contribution in [0, 0.1) is 0 Å². The standard InChI is InChI=1S/C18H17BrClNO2/c1-12(23-17-9-8-14(19)11-15(17)20)18(22)21-10-4-6-13-5-2-3-7-16(13)21/h2-3,5,7-9,11-12H,4,6,10H2,1H3. The number of hydrogen-bond donors (Lipinski definition) is 0. The van der Waals surface area contributed by atoms with Gasteiger partial charge in [-0.05, 0) is 49.6 Å². The molecule has 0 aromatic heterocycles. The molecule has 3 rings (SSSR count). The van der Waals surface area contributed by atoms with Gasteiger partial charge in [0.1, 0.15) is 5.75 Å². The summed E-state index contributed by atoms with van der Waals surface area (Å²) in [5.41, 5.74) is 2.20. The minimum absolute atomic E-state index is 0.0452. The Morgan fingerprint density at radius 3 is 2.87 bits per heavy atom. The molecule has 1 atom stereocenters. The molecule has 5 heteroatoms. The fourth-order valence-electron chi connectivity index (χ4n) is 2.79. The van der Waals surface area contributed by atoms with Crippen LogP contribution >= 0.6 is 27.5 Å². The van der Waals surface area contributed by atoms with E-state index in [0.717, 1.165) is 29.5 Å². The molecule has 0 spiro atoms. The summed E-state index contributed by atoms with van der Waals surface area (Å²) in [7, 11) is 0. The lowest BCUT2D eigenvalue weighted by Crippen LogP contribution is -2.43. The van der Waals surface area contributed by atoms with E-state index in [1.807, 2.05) is 29.2 Å². The number of aryl methyl sites for hydroxylation is 1. The molecule has 1 unspecified atom stereocenters. The summed E-state index contributed by atoms with van der Waals surface area (Å²) in [4.78, 5) is 14.6. The first-order valence-corrected chi connectivity index (χ1v) is 8.74. The third kappa shape index (κ3) is 3.54. The van der Waals surface area contributed by atoms with Gasteiger partial charge in [-0.2, -0.15) is 0 Å². The first kappa shape index (κ1) is 16.3. The smallest absolute Gasteiger partial charge is 0.267 e. The van der Waals surface area contributed by atoms with Crippen molar-refractivity contribution in [3.05, 3.63) is 57.5 Å². The highest BCUT2D eigenvalue weighted by Gasteiger charge is 2.27. The predicted molar refractivity (Wildman–Crippen MR) is 96.4 cm³/mol. The molecule has 2 aromatic carbocycles. The highest BCUT2D eigenvalue weighted by atomic mass is 79.9. The van der Waals surface area contributed by atoms with E-state index in [0.29, 0.717) is 10.8 Å². The zero-order valence-corrected chi connectivity index (χ0v) is 15.1. The van der Waals surface area contributed by atoms with Crippen LogP contribution in [0.5, 0.6) is 5.75 Å². The second kappa shape index (κ2) is 6.93. The van der Waals surface area contributed by atoms with Crippen molar-refractivity contribution in [2.75, 3.05) is 11.4 Å². The summed E-state index contributed by atoms with van der Waals surface area (Å²) in [6.07, 6.45) is 1.38. The molecule has 1 aliphatic rings. The summed E-state index contributed by atoms with van der Waals surface area (Å²) in [6.45, 7) is 2.48. The molecule has 1 amide bonds. The third-order valence-corrected chi connectivity index (χ3v) is 4.71. The van der Waals surface area contributed by atoms with Gasteiger partial charge >= 0.3 is 0 Å². The van der Waals surface area contributed by atoms with Crippen molar-refractivity contribution in [3.8, 4) is 5.75 Å². The number of carbonyl (C=O) groups excluding carboxylic acids is 1. The van der Waals surface area contributed by atoms with Crippen LogP contribution in [0.15, 0.2) is 46.9 Å². The van der Waals surface area contributed by atoms with E-state index >= 15 is 0 Å². The number of benzene rings is 2. The Morgan fingerprint density at radius 2 is 2.09 bits per heavy atom. The van der Waals surface area contributed by atoms with Crippen LogP contribution in [0.4, 0.5) is 5.69 Å².